The maximum atomic E-state index is 13.0. The topological polar surface area (TPSA) is 118 Å². The van der Waals surface area contributed by atoms with Gasteiger partial charge >= 0.3 is 11.9 Å². The maximum Gasteiger partial charge on any atom is 0.357 e. The number of ether oxygens (including phenoxy) is 4. The highest BCUT2D eigenvalue weighted by Gasteiger charge is 2.32. The van der Waals surface area contributed by atoms with E-state index in [0.29, 0.717) is 27.2 Å². The van der Waals surface area contributed by atoms with Crippen molar-refractivity contribution in [3.05, 3.63) is 88.5 Å². The molecule has 11 heteroatoms. The first-order valence-electron chi connectivity index (χ1n) is 11.6. The zero-order valence-electron chi connectivity index (χ0n) is 21.3. The molecule has 4 aromatic rings. The number of carbonyl (C=O) groups is 3. The van der Waals surface area contributed by atoms with Gasteiger partial charge < -0.3 is 24.3 Å². The van der Waals surface area contributed by atoms with Crippen molar-refractivity contribution in [2.75, 3.05) is 33.3 Å². The molecule has 0 bridgehead atoms. The van der Waals surface area contributed by atoms with Crippen molar-refractivity contribution in [3.8, 4) is 28.4 Å². The van der Waals surface area contributed by atoms with Crippen molar-refractivity contribution in [2.24, 2.45) is 0 Å². The molecule has 0 unspecified atom stereocenters. The van der Waals surface area contributed by atoms with Crippen LogP contribution in [0.4, 0.5) is 5.69 Å². The van der Waals surface area contributed by atoms with E-state index < -0.39 is 17.8 Å². The summed E-state index contributed by atoms with van der Waals surface area (Å²) in [6, 6.07) is 20.8. The standard InChI is InChI=1S/C28H24BrN3O7/c1-36-22-12-8-7-11-20(22)30-23(33)16-39-21-14-13-17(29)15-19(21)25-24(27(34)37-2)26(28(35)38-3)32(31-25)18-9-5-4-6-10-18/h4-15H,16H2,1-3H3,(H,30,33). The van der Waals surface area contributed by atoms with Crippen molar-refractivity contribution in [3.63, 3.8) is 0 Å². The summed E-state index contributed by atoms with van der Waals surface area (Å²) in [7, 11) is 3.92. The predicted molar refractivity (Wildman–Crippen MR) is 146 cm³/mol. The third-order valence-electron chi connectivity index (χ3n) is 5.59. The van der Waals surface area contributed by atoms with Gasteiger partial charge in [-0.3, -0.25) is 4.79 Å². The van der Waals surface area contributed by atoms with Gasteiger partial charge in [-0.25, -0.2) is 14.3 Å². The molecule has 0 aliphatic heterocycles. The molecule has 1 amide bonds. The Labute approximate surface area is 232 Å². The number of methoxy groups -OCH3 is 3. The molecule has 1 heterocycles. The van der Waals surface area contributed by atoms with Crippen LogP contribution in [0, 0.1) is 0 Å². The van der Waals surface area contributed by atoms with E-state index in [4.69, 9.17) is 18.9 Å². The lowest BCUT2D eigenvalue weighted by Crippen LogP contribution is -2.20. The van der Waals surface area contributed by atoms with Gasteiger partial charge in [-0.05, 0) is 42.5 Å². The van der Waals surface area contributed by atoms with E-state index in [1.165, 1.54) is 26.0 Å². The van der Waals surface area contributed by atoms with Gasteiger partial charge in [0.1, 0.15) is 22.8 Å². The van der Waals surface area contributed by atoms with Crippen LogP contribution >= 0.6 is 15.9 Å². The van der Waals surface area contributed by atoms with Crippen LogP contribution in [0.2, 0.25) is 0 Å². The molecule has 0 saturated heterocycles. The Morgan fingerprint density at radius 3 is 2.26 bits per heavy atom. The molecule has 10 nitrogen and oxygen atoms in total. The fourth-order valence-corrected chi connectivity index (χ4v) is 4.19. The Morgan fingerprint density at radius 1 is 0.872 bits per heavy atom. The number of carbonyl (C=O) groups excluding carboxylic acids is 3. The minimum absolute atomic E-state index is 0.104. The van der Waals surface area contributed by atoms with E-state index in [2.05, 4.69) is 26.3 Å². The van der Waals surface area contributed by atoms with Gasteiger partial charge in [0.15, 0.2) is 12.3 Å². The summed E-state index contributed by atoms with van der Waals surface area (Å²) >= 11 is 3.43. The van der Waals surface area contributed by atoms with Gasteiger partial charge in [0, 0.05) is 10.0 Å². The summed E-state index contributed by atoms with van der Waals surface area (Å²) in [6.07, 6.45) is 0. The van der Waals surface area contributed by atoms with Crippen LogP contribution in [0.25, 0.3) is 16.9 Å². The second kappa shape index (κ2) is 12.3. The lowest BCUT2D eigenvalue weighted by atomic mass is 10.0. The Balaban J connectivity index is 1.77. The zero-order valence-corrected chi connectivity index (χ0v) is 22.9. The molecule has 0 aliphatic rings. The minimum Gasteiger partial charge on any atom is -0.495 e. The molecule has 0 atom stereocenters. The van der Waals surface area contributed by atoms with Crippen LogP contribution in [0.3, 0.4) is 0 Å². The summed E-state index contributed by atoms with van der Waals surface area (Å²) in [5.41, 5.74) is 1.21. The number of halogens is 1. The Morgan fingerprint density at radius 2 is 1.56 bits per heavy atom. The zero-order chi connectivity index (χ0) is 27.9. The van der Waals surface area contributed by atoms with E-state index in [1.54, 1.807) is 66.7 Å². The van der Waals surface area contributed by atoms with Crippen molar-refractivity contribution >= 4 is 39.5 Å². The van der Waals surface area contributed by atoms with Gasteiger partial charge in [-0.1, -0.05) is 46.3 Å². The fraction of sp³-hybridized carbons (Fsp3) is 0.143. The van der Waals surface area contributed by atoms with Crippen LogP contribution in [-0.2, 0) is 14.3 Å². The number of rotatable bonds is 9. The number of anilines is 1. The normalized spacial score (nSPS) is 10.5. The number of hydrogen-bond donors (Lipinski definition) is 1. The number of nitrogens with zero attached hydrogens (tertiary/aromatic N) is 2. The Kier molecular flexibility index (Phi) is 8.62. The van der Waals surface area contributed by atoms with E-state index in [0.717, 1.165) is 0 Å². The number of hydrogen-bond acceptors (Lipinski definition) is 8. The van der Waals surface area contributed by atoms with Crippen molar-refractivity contribution in [1.82, 2.24) is 9.78 Å². The highest BCUT2D eigenvalue weighted by atomic mass is 79.9. The number of benzene rings is 3. The number of esters is 2. The van der Waals surface area contributed by atoms with Crippen molar-refractivity contribution < 1.29 is 33.3 Å². The number of aromatic nitrogens is 2. The van der Waals surface area contributed by atoms with Crippen molar-refractivity contribution in [2.45, 2.75) is 0 Å². The Bertz CT molecular complexity index is 1520. The second-order valence-electron chi connectivity index (χ2n) is 7.98. The molecule has 0 radical (unpaired) electrons. The predicted octanol–water partition coefficient (Wildman–Crippen LogP) is 4.90. The molecular formula is C28H24BrN3O7. The summed E-state index contributed by atoms with van der Waals surface area (Å²) in [5, 5.41) is 7.35. The minimum atomic E-state index is -0.799. The van der Waals surface area contributed by atoms with Crippen LogP contribution in [0.1, 0.15) is 20.8 Å². The van der Waals surface area contributed by atoms with Crippen LogP contribution in [0.15, 0.2) is 77.3 Å². The van der Waals surface area contributed by atoms with Crippen molar-refractivity contribution in [1.29, 1.82) is 0 Å². The first-order chi connectivity index (χ1) is 18.9. The summed E-state index contributed by atoms with van der Waals surface area (Å²) in [6.45, 7) is -0.358. The molecule has 1 N–H and O–H groups in total. The number of amides is 1. The second-order valence-corrected chi connectivity index (χ2v) is 8.90. The van der Waals surface area contributed by atoms with Crippen LogP contribution in [0.5, 0.6) is 11.5 Å². The average molecular weight is 594 g/mol. The van der Waals surface area contributed by atoms with Crippen LogP contribution < -0.4 is 14.8 Å². The smallest absolute Gasteiger partial charge is 0.357 e. The monoisotopic (exact) mass is 593 g/mol. The van der Waals surface area contributed by atoms with Gasteiger partial charge in [0.05, 0.1) is 32.7 Å². The number of nitrogens with one attached hydrogen (secondary N) is 1. The molecule has 4 rings (SSSR count). The Hall–Kier alpha value is -4.64. The highest BCUT2D eigenvalue weighted by Crippen LogP contribution is 2.37. The first kappa shape index (κ1) is 27.4. The van der Waals surface area contributed by atoms with Gasteiger partial charge in [0.2, 0.25) is 0 Å². The molecule has 0 spiro atoms. The largest absolute Gasteiger partial charge is 0.495 e. The lowest BCUT2D eigenvalue weighted by Gasteiger charge is -2.13. The quantitative estimate of drug-likeness (QED) is 0.272. The summed E-state index contributed by atoms with van der Waals surface area (Å²) in [5.74, 6) is -1.28. The highest BCUT2D eigenvalue weighted by molar-refractivity contribution is 9.10. The average Bonchev–Trinajstić information content (AvgIpc) is 3.37. The SMILES string of the molecule is COC(=O)c1c(-c2cc(Br)ccc2OCC(=O)Nc2ccccc2OC)nn(-c2ccccc2)c1C(=O)OC. The molecule has 3 aromatic carbocycles. The van der Waals surface area contributed by atoms with Gasteiger partial charge in [-0.15, -0.1) is 0 Å². The lowest BCUT2D eigenvalue weighted by molar-refractivity contribution is -0.118. The molecule has 0 fully saturated rings. The molecular weight excluding hydrogens is 570 g/mol. The van der Waals surface area contributed by atoms with E-state index in [-0.39, 0.29) is 29.3 Å². The number of para-hydroxylation sites is 3. The molecule has 1 aromatic heterocycles. The summed E-state index contributed by atoms with van der Waals surface area (Å²) in [4.78, 5) is 38.6. The van der Waals surface area contributed by atoms with Gasteiger partial charge in [-0.2, -0.15) is 5.10 Å². The van der Waals surface area contributed by atoms with E-state index >= 15 is 0 Å². The van der Waals surface area contributed by atoms with Gasteiger partial charge in [0.25, 0.3) is 5.91 Å². The molecule has 0 aliphatic carbocycles. The van der Waals surface area contributed by atoms with E-state index in [9.17, 15) is 14.4 Å². The molecule has 0 saturated carbocycles. The third-order valence-corrected chi connectivity index (χ3v) is 6.08. The molecule has 39 heavy (non-hydrogen) atoms. The van der Waals surface area contributed by atoms with E-state index in [1.807, 2.05) is 6.07 Å². The molecule has 200 valence electrons. The fourth-order valence-electron chi connectivity index (χ4n) is 3.83. The third kappa shape index (κ3) is 5.93. The first-order valence-corrected chi connectivity index (χ1v) is 12.4. The van der Waals surface area contributed by atoms with Crippen LogP contribution in [-0.4, -0.2) is 55.6 Å². The summed E-state index contributed by atoms with van der Waals surface area (Å²) < 4.78 is 23.1. The maximum absolute atomic E-state index is 13.0.